The fourth-order valence-corrected chi connectivity index (χ4v) is 2.24. The molecular formula is C14H19ClO3. The van der Waals surface area contributed by atoms with Gasteiger partial charge in [0.15, 0.2) is 0 Å². The summed E-state index contributed by atoms with van der Waals surface area (Å²) in [6.07, 6.45) is 2.13. The summed E-state index contributed by atoms with van der Waals surface area (Å²) in [4.78, 5) is 0. The van der Waals surface area contributed by atoms with Gasteiger partial charge in [0.2, 0.25) is 0 Å². The molecule has 3 nitrogen and oxygen atoms in total. The molecule has 2 unspecified atom stereocenters. The molecule has 0 aliphatic carbocycles. The van der Waals surface area contributed by atoms with Gasteiger partial charge in [-0.15, -0.1) is 0 Å². The Kier molecular flexibility index (Phi) is 4.87. The van der Waals surface area contributed by atoms with Crippen molar-refractivity contribution in [1.82, 2.24) is 0 Å². The van der Waals surface area contributed by atoms with Gasteiger partial charge in [-0.25, -0.2) is 0 Å². The van der Waals surface area contributed by atoms with Crippen LogP contribution in [0, 0.1) is 0 Å². The van der Waals surface area contributed by atoms with E-state index in [1.165, 1.54) is 0 Å². The molecule has 1 saturated heterocycles. The second-order valence-corrected chi connectivity index (χ2v) is 5.14. The Morgan fingerprint density at radius 1 is 1.56 bits per heavy atom. The van der Waals surface area contributed by atoms with Gasteiger partial charge in [-0.3, -0.25) is 0 Å². The third kappa shape index (κ3) is 3.37. The van der Waals surface area contributed by atoms with Crippen LogP contribution in [0.15, 0.2) is 18.2 Å². The maximum absolute atomic E-state index is 9.12. The molecule has 1 aliphatic rings. The van der Waals surface area contributed by atoms with Gasteiger partial charge in [0.25, 0.3) is 0 Å². The lowest BCUT2D eigenvalue weighted by Crippen LogP contribution is -2.28. The van der Waals surface area contributed by atoms with E-state index in [4.69, 9.17) is 26.2 Å². The van der Waals surface area contributed by atoms with E-state index in [2.05, 4.69) is 0 Å². The highest BCUT2D eigenvalue weighted by Crippen LogP contribution is 2.30. The first-order chi connectivity index (χ1) is 8.70. The Morgan fingerprint density at radius 3 is 3.00 bits per heavy atom. The molecule has 100 valence electrons. The Balaban J connectivity index is 2.04. The van der Waals surface area contributed by atoms with Crippen molar-refractivity contribution in [2.24, 2.45) is 0 Å². The van der Waals surface area contributed by atoms with E-state index in [0.29, 0.717) is 17.4 Å². The predicted octanol–water partition coefficient (Wildman–Crippen LogP) is 2.99. The number of hydrogen-bond donors (Lipinski definition) is 1. The van der Waals surface area contributed by atoms with Crippen LogP contribution in [-0.2, 0) is 4.74 Å². The predicted molar refractivity (Wildman–Crippen MR) is 71.4 cm³/mol. The van der Waals surface area contributed by atoms with E-state index in [0.717, 1.165) is 25.0 Å². The summed E-state index contributed by atoms with van der Waals surface area (Å²) in [5.41, 5.74) is 1.02. The first-order valence-corrected chi connectivity index (χ1v) is 6.73. The number of ether oxygens (including phenoxy) is 2. The first-order valence-electron chi connectivity index (χ1n) is 6.35. The summed E-state index contributed by atoms with van der Waals surface area (Å²) >= 11 is 6.20. The standard InChI is InChI=1S/C14H19ClO3/c1-10(8-16)11-4-5-14(13(15)7-11)18-12-3-2-6-17-9-12/h4-5,7,10,12,16H,2-3,6,8-9H2,1H3. The summed E-state index contributed by atoms with van der Waals surface area (Å²) in [6.45, 7) is 3.53. The highest BCUT2D eigenvalue weighted by atomic mass is 35.5. The van der Waals surface area contributed by atoms with E-state index in [-0.39, 0.29) is 18.6 Å². The number of aliphatic hydroxyl groups excluding tert-OH is 1. The largest absolute Gasteiger partial charge is 0.486 e. The minimum atomic E-state index is 0.0922. The van der Waals surface area contributed by atoms with Crippen molar-refractivity contribution in [3.05, 3.63) is 28.8 Å². The minimum Gasteiger partial charge on any atom is -0.486 e. The molecule has 0 saturated carbocycles. The highest BCUT2D eigenvalue weighted by Gasteiger charge is 2.17. The maximum atomic E-state index is 9.12. The number of benzene rings is 1. The van der Waals surface area contributed by atoms with Crippen LogP contribution in [0.2, 0.25) is 5.02 Å². The molecule has 4 heteroatoms. The summed E-state index contributed by atoms with van der Waals surface area (Å²) in [5.74, 6) is 0.788. The Bertz CT molecular complexity index is 389. The van der Waals surface area contributed by atoms with Crippen molar-refractivity contribution in [3.8, 4) is 5.75 Å². The lowest BCUT2D eigenvalue weighted by molar-refractivity contribution is 0.00746. The average molecular weight is 271 g/mol. The monoisotopic (exact) mass is 270 g/mol. The maximum Gasteiger partial charge on any atom is 0.138 e. The zero-order valence-corrected chi connectivity index (χ0v) is 11.3. The van der Waals surface area contributed by atoms with Crippen molar-refractivity contribution < 1.29 is 14.6 Å². The van der Waals surface area contributed by atoms with Gasteiger partial charge in [0, 0.05) is 19.1 Å². The van der Waals surface area contributed by atoms with Gasteiger partial charge in [-0.2, -0.15) is 0 Å². The van der Waals surface area contributed by atoms with Gasteiger partial charge >= 0.3 is 0 Å². The van der Waals surface area contributed by atoms with E-state index in [1.807, 2.05) is 25.1 Å². The third-order valence-electron chi connectivity index (χ3n) is 3.21. The van der Waals surface area contributed by atoms with Crippen LogP contribution in [0.25, 0.3) is 0 Å². The number of aliphatic hydroxyl groups is 1. The minimum absolute atomic E-state index is 0.0922. The summed E-state index contributed by atoms with van der Waals surface area (Å²) in [6, 6.07) is 5.69. The fourth-order valence-electron chi connectivity index (χ4n) is 2.01. The highest BCUT2D eigenvalue weighted by molar-refractivity contribution is 6.32. The summed E-state index contributed by atoms with van der Waals surface area (Å²) < 4.78 is 11.2. The average Bonchev–Trinajstić information content (AvgIpc) is 2.41. The molecule has 1 aromatic carbocycles. The zero-order chi connectivity index (χ0) is 13.0. The molecule has 0 amide bonds. The van der Waals surface area contributed by atoms with Gasteiger partial charge in [0.1, 0.15) is 11.9 Å². The molecule has 0 bridgehead atoms. The smallest absolute Gasteiger partial charge is 0.138 e. The lowest BCUT2D eigenvalue weighted by Gasteiger charge is -2.24. The number of hydrogen-bond acceptors (Lipinski definition) is 3. The molecule has 1 aromatic rings. The van der Waals surface area contributed by atoms with Crippen LogP contribution in [0.5, 0.6) is 5.75 Å². The van der Waals surface area contributed by atoms with Crippen molar-refractivity contribution in [1.29, 1.82) is 0 Å². The second-order valence-electron chi connectivity index (χ2n) is 4.73. The summed E-state index contributed by atoms with van der Waals surface area (Å²) in [5, 5.41) is 9.71. The topological polar surface area (TPSA) is 38.7 Å². The molecule has 18 heavy (non-hydrogen) atoms. The van der Waals surface area contributed by atoms with Crippen LogP contribution >= 0.6 is 11.6 Å². The number of halogens is 1. The fraction of sp³-hybridized carbons (Fsp3) is 0.571. The van der Waals surface area contributed by atoms with Crippen LogP contribution < -0.4 is 4.74 Å². The van der Waals surface area contributed by atoms with E-state index < -0.39 is 0 Å². The third-order valence-corrected chi connectivity index (χ3v) is 3.51. The van der Waals surface area contributed by atoms with E-state index in [1.54, 1.807) is 0 Å². The molecule has 0 radical (unpaired) electrons. The van der Waals surface area contributed by atoms with Crippen LogP contribution in [0.4, 0.5) is 0 Å². The molecule has 1 N–H and O–H groups in total. The van der Waals surface area contributed by atoms with Gasteiger partial charge < -0.3 is 14.6 Å². The molecule has 1 fully saturated rings. The van der Waals surface area contributed by atoms with E-state index in [9.17, 15) is 0 Å². The molecule has 2 atom stereocenters. The molecule has 1 aliphatic heterocycles. The number of rotatable bonds is 4. The van der Waals surface area contributed by atoms with Gasteiger partial charge in [-0.1, -0.05) is 24.6 Å². The van der Waals surface area contributed by atoms with Gasteiger partial charge in [-0.05, 0) is 30.5 Å². The SMILES string of the molecule is CC(CO)c1ccc(OC2CCCOC2)c(Cl)c1. The van der Waals surface area contributed by atoms with Crippen molar-refractivity contribution in [3.63, 3.8) is 0 Å². The van der Waals surface area contributed by atoms with Crippen LogP contribution in [0.1, 0.15) is 31.2 Å². The Morgan fingerprint density at radius 2 is 2.39 bits per heavy atom. The van der Waals surface area contributed by atoms with Crippen LogP contribution in [-0.4, -0.2) is 31.0 Å². The van der Waals surface area contributed by atoms with Crippen molar-refractivity contribution in [2.45, 2.75) is 31.8 Å². The lowest BCUT2D eigenvalue weighted by atomic mass is 10.0. The molecular weight excluding hydrogens is 252 g/mol. The quantitative estimate of drug-likeness (QED) is 0.914. The van der Waals surface area contributed by atoms with Crippen molar-refractivity contribution >= 4 is 11.6 Å². The Hall–Kier alpha value is -0.770. The van der Waals surface area contributed by atoms with Crippen molar-refractivity contribution in [2.75, 3.05) is 19.8 Å². The Labute approximate surface area is 113 Å². The normalized spacial score (nSPS) is 21.6. The summed E-state index contributed by atoms with van der Waals surface area (Å²) in [7, 11) is 0. The van der Waals surface area contributed by atoms with Crippen LogP contribution in [0.3, 0.4) is 0 Å². The molecule has 2 rings (SSSR count). The zero-order valence-electron chi connectivity index (χ0n) is 10.6. The first kappa shape index (κ1) is 13.7. The molecule has 1 heterocycles. The van der Waals surface area contributed by atoms with Gasteiger partial charge in [0.05, 0.1) is 11.6 Å². The molecule has 0 aromatic heterocycles. The van der Waals surface area contributed by atoms with E-state index >= 15 is 0 Å². The molecule has 0 spiro atoms. The second kappa shape index (κ2) is 6.41.